The second-order valence-corrected chi connectivity index (χ2v) is 7.63. The second kappa shape index (κ2) is 6.12. The smallest absolute Gasteiger partial charge is 0.415 e. The molecule has 0 saturated carbocycles. The first-order valence-electron chi connectivity index (χ1n) is 6.84. The van der Waals surface area contributed by atoms with Crippen molar-refractivity contribution >= 4 is 21.4 Å². The lowest BCUT2D eigenvalue weighted by atomic mass is 10.1. The van der Waals surface area contributed by atoms with Crippen molar-refractivity contribution in [1.82, 2.24) is 4.57 Å². The van der Waals surface area contributed by atoms with Gasteiger partial charge in [0, 0.05) is 16.8 Å². The molecule has 9 heteroatoms. The molecule has 0 aliphatic rings. The van der Waals surface area contributed by atoms with E-state index < -0.39 is 32.1 Å². The quantitative estimate of drug-likeness (QED) is 0.692. The number of nitrogens with zero attached hydrogens (tertiary/aromatic N) is 1. The van der Waals surface area contributed by atoms with Gasteiger partial charge in [-0.2, -0.15) is 0 Å². The van der Waals surface area contributed by atoms with Crippen molar-refractivity contribution in [2.45, 2.75) is 4.90 Å². The fourth-order valence-corrected chi connectivity index (χ4v) is 3.44. The van der Waals surface area contributed by atoms with Gasteiger partial charge < -0.3 is 4.42 Å². The molecular weight excluding hydrogens is 376 g/mol. The number of oxazole rings is 1. The van der Waals surface area contributed by atoms with E-state index in [2.05, 4.69) is 0 Å². The maximum Gasteiger partial charge on any atom is 0.424 e. The van der Waals surface area contributed by atoms with Gasteiger partial charge >= 0.3 is 5.76 Å². The van der Waals surface area contributed by atoms with E-state index in [0.29, 0.717) is 17.0 Å². The molecule has 5 nitrogen and oxygen atoms in total. The zero-order valence-corrected chi connectivity index (χ0v) is 14.2. The van der Waals surface area contributed by atoms with Crippen LogP contribution in [-0.2, 0) is 9.84 Å². The van der Waals surface area contributed by atoms with Gasteiger partial charge in [-0.25, -0.2) is 26.6 Å². The standard InChI is InChI=1S/C16H10ClF2NO4S/c1-25(22,23)15-12(18)5-9(6-13(15)19)14-8-24-16(21)20(14)11-4-2-3-10(17)7-11/h2-8H,1H3. The van der Waals surface area contributed by atoms with Crippen molar-refractivity contribution in [3.63, 3.8) is 0 Å². The molecule has 0 radical (unpaired) electrons. The molecule has 0 amide bonds. The first kappa shape index (κ1) is 17.4. The van der Waals surface area contributed by atoms with Gasteiger partial charge in [0.05, 0.1) is 11.4 Å². The molecule has 0 saturated heterocycles. The van der Waals surface area contributed by atoms with Crippen LogP contribution >= 0.6 is 11.6 Å². The van der Waals surface area contributed by atoms with E-state index >= 15 is 0 Å². The van der Waals surface area contributed by atoms with Gasteiger partial charge in [0.1, 0.15) is 22.8 Å². The van der Waals surface area contributed by atoms with Crippen LogP contribution < -0.4 is 5.76 Å². The monoisotopic (exact) mass is 385 g/mol. The Kier molecular flexibility index (Phi) is 4.26. The molecule has 0 aliphatic carbocycles. The normalized spacial score (nSPS) is 11.7. The minimum Gasteiger partial charge on any atom is -0.415 e. The first-order valence-corrected chi connectivity index (χ1v) is 9.11. The van der Waals surface area contributed by atoms with Crippen LogP contribution in [0.5, 0.6) is 0 Å². The number of hydrogen-bond donors (Lipinski definition) is 0. The van der Waals surface area contributed by atoms with Gasteiger partial charge in [0.15, 0.2) is 9.84 Å². The highest BCUT2D eigenvalue weighted by Crippen LogP contribution is 2.28. The molecular formula is C16H10ClF2NO4S. The Morgan fingerprint density at radius 3 is 2.32 bits per heavy atom. The van der Waals surface area contributed by atoms with Crippen LogP contribution in [0.25, 0.3) is 16.9 Å². The SMILES string of the molecule is CS(=O)(=O)c1c(F)cc(-c2coc(=O)n2-c2cccc(Cl)c2)cc1F. The molecule has 0 unspecified atom stereocenters. The molecule has 130 valence electrons. The van der Waals surface area contributed by atoms with Crippen LogP contribution in [0.4, 0.5) is 8.78 Å². The minimum absolute atomic E-state index is 0.0464. The average molecular weight is 386 g/mol. The molecule has 1 heterocycles. The maximum atomic E-state index is 14.1. The van der Waals surface area contributed by atoms with E-state index in [1.54, 1.807) is 18.2 Å². The lowest BCUT2D eigenvalue weighted by Crippen LogP contribution is -2.13. The molecule has 0 spiro atoms. The second-order valence-electron chi connectivity index (χ2n) is 5.24. The topological polar surface area (TPSA) is 69.3 Å². The van der Waals surface area contributed by atoms with Crippen LogP contribution in [0.3, 0.4) is 0 Å². The Balaban J connectivity index is 2.25. The molecule has 0 aliphatic heterocycles. The minimum atomic E-state index is -4.09. The molecule has 0 fully saturated rings. The van der Waals surface area contributed by atoms with Crippen LogP contribution in [0.1, 0.15) is 0 Å². The van der Waals surface area contributed by atoms with Gasteiger partial charge in [-0.05, 0) is 30.3 Å². The number of halogens is 3. The fourth-order valence-electron chi connectivity index (χ4n) is 2.43. The Labute approximate surface area is 146 Å². The summed E-state index contributed by atoms with van der Waals surface area (Å²) in [7, 11) is -4.09. The van der Waals surface area contributed by atoms with Gasteiger partial charge in [0.2, 0.25) is 0 Å². The van der Waals surface area contributed by atoms with Crippen molar-refractivity contribution in [2.75, 3.05) is 6.26 Å². The fraction of sp³-hybridized carbons (Fsp3) is 0.0625. The highest BCUT2D eigenvalue weighted by Gasteiger charge is 2.23. The van der Waals surface area contributed by atoms with Crippen LogP contribution in [-0.4, -0.2) is 19.2 Å². The third kappa shape index (κ3) is 3.22. The van der Waals surface area contributed by atoms with Gasteiger partial charge in [-0.1, -0.05) is 17.7 Å². The van der Waals surface area contributed by atoms with E-state index in [-0.39, 0.29) is 11.3 Å². The average Bonchev–Trinajstić information content (AvgIpc) is 2.86. The molecule has 3 rings (SSSR count). The van der Waals surface area contributed by atoms with Crippen molar-refractivity contribution < 1.29 is 21.6 Å². The molecule has 0 atom stereocenters. The van der Waals surface area contributed by atoms with Crippen molar-refractivity contribution in [3.8, 4) is 16.9 Å². The van der Waals surface area contributed by atoms with Gasteiger partial charge in [0.25, 0.3) is 0 Å². The lowest BCUT2D eigenvalue weighted by molar-refractivity contribution is 0.504. The van der Waals surface area contributed by atoms with Crippen molar-refractivity contribution in [2.24, 2.45) is 0 Å². The summed E-state index contributed by atoms with van der Waals surface area (Å²) in [5, 5.41) is 0.348. The van der Waals surface area contributed by atoms with E-state index in [4.69, 9.17) is 16.0 Å². The van der Waals surface area contributed by atoms with Crippen LogP contribution in [0, 0.1) is 11.6 Å². The zero-order chi connectivity index (χ0) is 18.4. The summed E-state index contributed by atoms with van der Waals surface area (Å²) in [6.45, 7) is 0. The largest absolute Gasteiger partial charge is 0.424 e. The highest BCUT2D eigenvalue weighted by molar-refractivity contribution is 7.90. The summed E-state index contributed by atoms with van der Waals surface area (Å²) in [6.07, 6.45) is 1.73. The van der Waals surface area contributed by atoms with Crippen LogP contribution in [0.2, 0.25) is 5.02 Å². The molecule has 1 aromatic heterocycles. The Bertz CT molecular complexity index is 1110. The highest BCUT2D eigenvalue weighted by atomic mass is 35.5. The number of sulfone groups is 1. The lowest BCUT2D eigenvalue weighted by Gasteiger charge is -2.09. The third-order valence-corrected chi connectivity index (χ3v) is 4.79. The van der Waals surface area contributed by atoms with E-state index in [1.165, 1.54) is 6.07 Å². The van der Waals surface area contributed by atoms with E-state index in [0.717, 1.165) is 23.0 Å². The molecule has 25 heavy (non-hydrogen) atoms. The molecule has 0 N–H and O–H groups in total. The Hall–Kier alpha value is -2.45. The zero-order valence-electron chi connectivity index (χ0n) is 12.7. The molecule has 3 aromatic rings. The first-order chi connectivity index (χ1) is 11.7. The number of hydrogen-bond acceptors (Lipinski definition) is 4. The number of benzene rings is 2. The maximum absolute atomic E-state index is 14.1. The van der Waals surface area contributed by atoms with Gasteiger partial charge in [-0.3, -0.25) is 0 Å². The predicted octanol–water partition coefficient (Wildman–Crippen LogP) is 3.43. The summed E-state index contributed by atoms with van der Waals surface area (Å²) >= 11 is 5.90. The number of aromatic nitrogens is 1. The summed E-state index contributed by atoms with van der Waals surface area (Å²) in [5.74, 6) is -3.31. The number of rotatable bonds is 3. The Morgan fingerprint density at radius 2 is 1.76 bits per heavy atom. The Morgan fingerprint density at radius 1 is 1.12 bits per heavy atom. The van der Waals surface area contributed by atoms with E-state index in [9.17, 15) is 22.0 Å². The van der Waals surface area contributed by atoms with Crippen molar-refractivity contribution in [3.05, 3.63) is 69.9 Å². The summed E-state index contributed by atoms with van der Waals surface area (Å²) in [5.41, 5.74) is 0.313. The summed E-state index contributed by atoms with van der Waals surface area (Å²) < 4.78 is 57.1. The van der Waals surface area contributed by atoms with Crippen molar-refractivity contribution in [1.29, 1.82) is 0 Å². The molecule has 0 bridgehead atoms. The third-order valence-electron chi connectivity index (χ3n) is 3.43. The van der Waals surface area contributed by atoms with Gasteiger partial charge in [-0.15, -0.1) is 0 Å². The summed E-state index contributed by atoms with van der Waals surface area (Å²) in [6, 6.07) is 7.87. The molecule has 2 aromatic carbocycles. The van der Waals surface area contributed by atoms with E-state index in [1.807, 2.05) is 0 Å². The van der Waals surface area contributed by atoms with Crippen LogP contribution in [0.15, 0.2) is 56.8 Å². The predicted molar refractivity (Wildman–Crippen MR) is 87.8 cm³/mol. The summed E-state index contributed by atoms with van der Waals surface area (Å²) in [4.78, 5) is 11.0.